The molecule has 0 atom stereocenters. The van der Waals surface area contributed by atoms with Crippen molar-refractivity contribution in [1.29, 1.82) is 0 Å². The molecule has 2 aromatic rings. The summed E-state index contributed by atoms with van der Waals surface area (Å²) in [5.41, 5.74) is 1.56. The molecule has 0 N–H and O–H groups in total. The fourth-order valence-electron chi connectivity index (χ4n) is 1.90. The first-order chi connectivity index (χ1) is 8.30. The highest BCUT2D eigenvalue weighted by Crippen LogP contribution is 2.25. The van der Waals surface area contributed by atoms with Crippen LogP contribution in [0.2, 0.25) is 0 Å². The smallest absolute Gasteiger partial charge is 0.152 e. The summed E-state index contributed by atoms with van der Waals surface area (Å²) in [5, 5.41) is 0.852. The summed E-state index contributed by atoms with van der Waals surface area (Å²) in [4.78, 5) is 21.4. The van der Waals surface area contributed by atoms with Crippen LogP contribution in [0.4, 0.5) is 0 Å². The molecule has 0 radical (unpaired) electrons. The van der Waals surface area contributed by atoms with Crippen LogP contribution in [0.15, 0.2) is 24.4 Å². The van der Waals surface area contributed by atoms with Crippen molar-refractivity contribution in [2.75, 3.05) is 7.11 Å². The molecule has 0 spiro atoms. The second-order valence-electron chi connectivity index (χ2n) is 3.73. The van der Waals surface area contributed by atoms with Crippen LogP contribution in [0.25, 0.3) is 10.9 Å². The van der Waals surface area contributed by atoms with E-state index < -0.39 is 0 Å². The molecule has 0 fully saturated rings. The van der Waals surface area contributed by atoms with E-state index in [1.54, 1.807) is 13.3 Å². The standard InChI is InChI=1S/C13H13NO3/c1-17-11-3-4-13-12(7-11)10(9-16)8-14(13)5-2-6-15/h3-4,6-9H,2,5H2,1H3. The Kier molecular flexibility index (Phi) is 3.23. The number of aryl methyl sites for hydroxylation is 1. The number of carbonyl (C=O) groups is 2. The number of nitrogens with zero attached hydrogens (tertiary/aromatic N) is 1. The van der Waals surface area contributed by atoms with Gasteiger partial charge in [0.1, 0.15) is 12.0 Å². The average Bonchev–Trinajstić information content (AvgIpc) is 2.73. The predicted octanol–water partition coefficient (Wildman–Crippen LogP) is 2.05. The molecule has 1 aromatic carbocycles. The van der Waals surface area contributed by atoms with E-state index in [0.717, 1.165) is 23.5 Å². The van der Waals surface area contributed by atoms with E-state index in [2.05, 4.69) is 0 Å². The number of aldehydes is 2. The summed E-state index contributed by atoms with van der Waals surface area (Å²) < 4.78 is 7.04. The van der Waals surface area contributed by atoms with Gasteiger partial charge in [-0.05, 0) is 18.2 Å². The topological polar surface area (TPSA) is 48.3 Å². The minimum absolute atomic E-state index is 0.439. The number of methoxy groups -OCH3 is 1. The van der Waals surface area contributed by atoms with Gasteiger partial charge in [-0.25, -0.2) is 0 Å². The fourth-order valence-corrected chi connectivity index (χ4v) is 1.90. The lowest BCUT2D eigenvalue weighted by molar-refractivity contribution is -0.108. The maximum atomic E-state index is 11.0. The highest BCUT2D eigenvalue weighted by molar-refractivity contribution is 5.98. The van der Waals surface area contributed by atoms with Crippen molar-refractivity contribution in [2.24, 2.45) is 0 Å². The zero-order valence-corrected chi connectivity index (χ0v) is 9.55. The monoisotopic (exact) mass is 231 g/mol. The van der Waals surface area contributed by atoms with Crippen molar-refractivity contribution < 1.29 is 14.3 Å². The molecule has 88 valence electrons. The minimum atomic E-state index is 0.439. The molecule has 0 saturated heterocycles. The summed E-state index contributed by atoms with van der Waals surface area (Å²) in [6, 6.07) is 5.57. The van der Waals surface area contributed by atoms with Crippen molar-refractivity contribution >= 4 is 23.5 Å². The second kappa shape index (κ2) is 4.82. The number of hydrogen-bond donors (Lipinski definition) is 0. The molecule has 4 nitrogen and oxygen atoms in total. The molecule has 0 aliphatic rings. The van der Waals surface area contributed by atoms with Gasteiger partial charge < -0.3 is 14.1 Å². The van der Waals surface area contributed by atoms with Gasteiger partial charge in [-0.15, -0.1) is 0 Å². The van der Waals surface area contributed by atoms with Gasteiger partial charge >= 0.3 is 0 Å². The molecule has 0 amide bonds. The van der Waals surface area contributed by atoms with Crippen LogP contribution in [0.1, 0.15) is 16.8 Å². The van der Waals surface area contributed by atoms with Crippen LogP contribution >= 0.6 is 0 Å². The first-order valence-electron chi connectivity index (χ1n) is 5.36. The van der Waals surface area contributed by atoms with E-state index >= 15 is 0 Å². The Morgan fingerprint density at radius 1 is 1.35 bits per heavy atom. The maximum Gasteiger partial charge on any atom is 0.152 e. The third-order valence-corrected chi connectivity index (χ3v) is 2.73. The molecule has 1 heterocycles. The first kappa shape index (κ1) is 11.4. The van der Waals surface area contributed by atoms with Crippen LogP contribution in [0, 0.1) is 0 Å². The molecule has 1 aromatic heterocycles. The molecule has 2 rings (SSSR count). The summed E-state index contributed by atoms with van der Waals surface area (Å²) in [6.07, 6.45) is 3.89. The van der Waals surface area contributed by atoms with Gasteiger partial charge in [-0.1, -0.05) is 0 Å². The molecule has 0 saturated carbocycles. The second-order valence-corrected chi connectivity index (χ2v) is 3.73. The largest absolute Gasteiger partial charge is 0.497 e. The van der Waals surface area contributed by atoms with Gasteiger partial charge in [0.2, 0.25) is 0 Å². The SMILES string of the molecule is COc1ccc2c(c1)c(C=O)cn2CCC=O. The third kappa shape index (κ3) is 2.06. The van der Waals surface area contributed by atoms with Crippen molar-refractivity contribution in [3.63, 3.8) is 0 Å². The van der Waals surface area contributed by atoms with Gasteiger partial charge in [-0.3, -0.25) is 4.79 Å². The van der Waals surface area contributed by atoms with E-state index in [1.807, 2.05) is 22.8 Å². The number of aromatic nitrogens is 1. The number of rotatable bonds is 5. The van der Waals surface area contributed by atoms with E-state index in [1.165, 1.54) is 0 Å². The molecule has 0 aliphatic heterocycles. The number of ether oxygens (including phenoxy) is 1. The van der Waals surface area contributed by atoms with Crippen molar-refractivity contribution in [2.45, 2.75) is 13.0 Å². The summed E-state index contributed by atoms with van der Waals surface area (Å²) in [5.74, 6) is 0.716. The lowest BCUT2D eigenvalue weighted by Gasteiger charge is -2.03. The van der Waals surface area contributed by atoms with Crippen LogP contribution in [-0.2, 0) is 11.3 Å². The van der Waals surface area contributed by atoms with E-state index in [9.17, 15) is 9.59 Å². The number of hydrogen-bond acceptors (Lipinski definition) is 3. The molecule has 0 aliphatic carbocycles. The lowest BCUT2D eigenvalue weighted by Crippen LogP contribution is -1.96. The molecule has 0 bridgehead atoms. The van der Waals surface area contributed by atoms with Crippen LogP contribution in [0.5, 0.6) is 5.75 Å². The van der Waals surface area contributed by atoms with Gasteiger partial charge in [-0.2, -0.15) is 0 Å². The molecule has 4 heteroatoms. The highest BCUT2D eigenvalue weighted by Gasteiger charge is 2.08. The Labute approximate surface area is 98.8 Å². The van der Waals surface area contributed by atoms with Gasteiger partial charge in [0.05, 0.1) is 7.11 Å². The quantitative estimate of drug-likeness (QED) is 0.740. The summed E-state index contributed by atoms with van der Waals surface area (Å²) >= 11 is 0. The zero-order valence-electron chi connectivity index (χ0n) is 9.55. The van der Waals surface area contributed by atoms with E-state index in [0.29, 0.717) is 24.3 Å². The Morgan fingerprint density at radius 3 is 2.82 bits per heavy atom. The zero-order chi connectivity index (χ0) is 12.3. The average molecular weight is 231 g/mol. The lowest BCUT2D eigenvalue weighted by atomic mass is 10.2. The molecular weight excluding hydrogens is 218 g/mol. The van der Waals surface area contributed by atoms with Crippen molar-refractivity contribution in [3.8, 4) is 5.75 Å². The maximum absolute atomic E-state index is 11.0. The highest BCUT2D eigenvalue weighted by atomic mass is 16.5. The number of carbonyl (C=O) groups excluding carboxylic acids is 2. The molecule has 0 unspecified atom stereocenters. The van der Waals surface area contributed by atoms with Crippen LogP contribution < -0.4 is 4.74 Å². The molecular formula is C13H13NO3. The van der Waals surface area contributed by atoms with Crippen molar-refractivity contribution in [1.82, 2.24) is 4.57 Å². The number of fused-ring (bicyclic) bond motifs is 1. The third-order valence-electron chi connectivity index (χ3n) is 2.73. The fraction of sp³-hybridized carbons (Fsp3) is 0.231. The molecule has 17 heavy (non-hydrogen) atoms. The minimum Gasteiger partial charge on any atom is -0.497 e. The van der Waals surface area contributed by atoms with Gasteiger partial charge in [0, 0.05) is 35.6 Å². The van der Waals surface area contributed by atoms with Crippen LogP contribution in [0.3, 0.4) is 0 Å². The first-order valence-corrected chi connectivity index (χ1v) is 5.36. The Morgan fingerprint density at radius 2 is 2.18 bits per heavy atom. The van der Waals surface area contributed by atoms with Gasteiger partial charge in [0.25, 0.3) is 0 Å². The Bertz CT molecular complexity index is 557. The summed E-state index contributed by atoms with van der Waals surface area (Å²) in [6.45, 7) is 0.584. The summed E-state index contributed by atoms with van der Waals surface area (Å²) in [7, 11) is 1.59. The Balaban J connectivity index is 2.55. The van der Waals surface area contributed by atoms with Crippen LogP contribution in [-0.4, -0.2) is 24.2 Å². The number of benzene rings is 1. The Hall–Kier alpha value is -2.10. The van der Waals surface area contributed by atoms with E-state index in [4.69, 9.17) is 4.74 Å². The van der Waals surface area contributed by atoms with Crippen molar-refractivity contribution in [3.05, 3.63) is 30.0 Å². The van der Waals surface area contributed by atoms with E-state index in [-0.39, 0.29) is 0 Å². The predicted molar refractivity (Wildman–Crippen MR) is 64.6 cm³/mol. The normalized spacial score (nSPS) is 10.4. The van der Waals surface area contributed by atoms with Gasteiger partial charge in [0.15, 0.2) is 6.29 Å².